The lowest BCUT2D eigenvalue weighted by Gasteiger charge is -2.46. The van der Waals surface area contributed by atoms with E-state index >= 15 is 0 Å². The van der Waals surface area contributed by atoms with Crippen LogP contribution in [0.4, 0.5) is 0 Å². The first-order valence-corrected chi connectivity index (χ1v) is 10.3. The molecular formula is C16H28N2O3S. The molecule has 1 amide bonds. The maximum absolute atomic E-state index is 12.9. The molecule has 5 nitrogen and oxygen atoms in total. The summed E-state index contributed by atoms with van der Waals surface area (Å²) in [7, 11) is -3.05. The number of hydrogen-bond acceptors (Lipinski definition) is 4. The fraction of sp³-hybridized carbons (Fsp3) is 0.938. The minimum atomic E-state index is -3.05. The summed E-state index contributed by atoms with van der Waals surface area (Å²) in [6, 6.07) is 0.0394. The molecule has 2 aliphatic carbocycles. The molecule has 4 atom stereocenters. The van der Waals surface area contributed by atoms with E-state index in [-0.39, 0.29) is 29.7 Å². The van der Waals surface area contributed by atoms with Gasteiger partial charge in [0.1, 0.15) is 0 Å². The van der Waals surface area contributed by atoms with Gasteiger partial charge in [-0.3, -0.25) is 4.79 Å². The van der Waals surface area contributed by atoms with Crippen molar-refractivity contribution in [2.75, 3.05) is 12.3 Å². The first-order valence-electron chi connectivity index (χ1n) is 8.59. The number of nitrogens with zero attached hydrogens (tertiary/aromatic N) is 1. The van der Waals surface area contributed by atoms with Crippen LogP contribution in [0.25, 0.3) is 0 Å². The van der Waals surface area contributed by atoms with Crippen molar-refractivity contribution in [3.63, 3.8) is 0 Å². The zero-order valence-electron chi connectivity index (χ0n) is 13.6. The van der Waals surface area contributed by atoms with Gasteiger partial charge in [-0.1, -0.05) is 6.42 Å². The van der Waals surface area contributed by atoms with Gasteiger partial charge in [-0.05, 0) is 51.4 Å². The lowest BCUT2D eigenvalue weighted by Crippen LogP contribution is -2.57. The third-order valence-corrected chi connectivity index (χ3v) is 8.68. The number of sulfone groups is 1. The first kappa shape index (κ1) is 16.2. The van der Waals surface area contributed by atoms with Crippen molar-refractivity contribution in [2.45, 2.75) is 63.3 Å². The third kappa shape index (κ3) is 2.68. The Kier molecular flexibility index (Phi) is 4.27. The molecule has 2 bridgehead atoms. The van der Waals surface area contributed by atoms with Crippen molar-refractivity contribution < 1.29 is 13.2 Å². The van der Waals surface area contributed by atoms with Crippen molar-refractivity contribution in [1.82, 2.24) is 4.90 Å². The number of fused-ring (bicyclic) bond motifs is 2. The number of rotatable bonds is 1. The second kappa shape index (κ2) is 5.78. The van der Waals surface area contributed by atoms with Crippen LogP contribution in [0.1, 0.15) is 46.0 Å². The molecule has 4 unspecified atom stereocenters. The summed E-state index contributed by atoms with van der Waals surface area (Å²) in [5, 5.41) is -0.462. The Morgan fingerprint density at radius 1 is 1.14 bits per heavy atom. The molecule has 0 aromatic heterocycles. The summed E-state index contributed by atoms with van der Waals surface area (Å²) in [6.07, 6.45) is 5.30. The molecule has 1 saturated heterocycles. The summed E-state index contributed by atoms with van der Waals surface area (Å²) in [6.45, 7) is 3.95. The van der Waals surface area contributed by atoms with E-state index in [1.54, 1.807) is 6.92 Å². The van der Waals surface area contributed by atoms with Crippen LogP contribution in [0.2, 0.25) is 0 Å². The number of amides is 1. The van der Waals surface area contributed by atoms with Crippen LogP contribution in [0.15, 0.2) is 0 Å². The molecule has 3 aliphatic rings. The van der Waals surface area contributed by atoms with Crippen LogP contribution in [-0.2, 0) is 14.6 Å². The van der Waals surface area contributed by atoms with Crippen LogP contribution in [-0.4, -0.2) is 48.9 Å². The molecule has 2 saturated carbocycles. The van der Waals surface area contributed by atoms with Gasteiger partial charge in [-0.25, -0.2) is 8.42 Å². The van der Waals surface area contributed by atoms with Crippen LogP contribution in [0.5, 0.6) is 0 Å². The molecule has 0 spiro atoms. The van der Waals surface area contributed by atoms with Crippen molar-refractivity contribution >= 4 is 15.7 Å². The van der Waals surface area contributed by atoms with Crippen molar-refractivity contribution in [2.24, 2.45) is 23.5 Å². The first-order chi connectivity index (χ1) is 10.3. The molecule has 3 fully saturated rings. The number of carbonyl (C=O) groups is 1. The van der Waals surface area contributed by atoms with E-state index in [0.29, 0.717) is 18.4 Å². The van der Waals surface area contributed by atoms with Crippen molar-refractivity contribution in [3.05, 3.63) is 0 Å². The standard InChI is InChI=1S/C16H28N2O3S/c1-10-11(2)22(20,21)7-6-18(10)16(19)14-8-12-4-3-5-13(9-14)15(12)17/h10-15H,3-9,17H2,1-2H3. The van der Waals surface area contributed by atoms with Gasteiger partial charge in [0.25, 0.3) is 0 Å². The Morgan fingerprint density at radius 2 is 1.73 bits per heavy atom. The van der Waals surface area contributed by atoms with E-state index < -0.39 is 15.1 Å². The number of nitrogens with two attached hydrogens (primary N) is 1. The van der Waals surface area contributed by atoms with Crippen molar-refractivity contribution in [1.29, 1.82) is 0 Å². The summed E-state index contributed by atoms with van der Waals surface area (Å²) in [5.74, 6) is 1.26. The highest BCUT2D eigenvalue weighted by Crippen LogP contribution is 2.42. The predicted octanol–water partition coefficient (Wildman–Crippen LogP) is 1.17. The molecule has 3 rings (SSSR count). The summed E-state index contributed by atoms with van der Waals surface area (Å²) in [4.78, 5) is 14.8. The molecule has 0 radical (unpaired) electrons. The average molecular weight is 328 g/mol. The Hall–Kier alpha value is -0.620. The SMILES string of the molecule is CC1C(C)S(=O)(=O)CCN1C(=O)C1CC2CCCC(C1)C2N. The molecular weight excluding hydrogens is 300 g/mol. The number of carbonyl (C=O) groups excluding carboxylic acids is 1. The maximum atomic E-state index is 12.9. The van der Waals surface area contributed by atoms with Gasteiger partial charge in [-0.2, -0.15) is 0 Å². The third-order valence-electron chi connectivity index (χ3n) is 6.40. The van der Waals surface area contributed by atoms with E-state index in [2.05, 4.69) is 0 Å². The molecule has 6 heteroatoms. The zero-order valence-corrected chi connectivity index (χ0v) is 14.4. The number of hydrogen-bond donors (Lipinski definition) is 1. The Bertz CT molecular complexity index is 534. The summed E-state index contributed by atoms with van der Waals surface area (Å²) < 4.78 is 24.0. The fourth-order valence-electron chi connectivity index (χ4n) is 4.70. The summed E-state index contributed by atoms with van der Waals surface area (Å²) in [5.41, 5.74) is 6.31. The molecule has 0 aromatic carbocycles. The quantitative estimate of drug-likeness (QED) is 0.783. The molecule has 126 valence electrons. The van der Waals surface area contributed by atoms with Gasteiger partial charge in [0, 0.05) is 24.5 Å². The van der Waals surface area contributed by atoms with Crippen LogP contribution >= 0.6 is 0 Å². The van der Waals surface area contributed by atoms with Gasteiger partial charge in [0.05, 0.1) is 11.0 Å². The highest BCUT2D eigenvalue weighted by Gasteiger charge is 2.44. The van der Waals surface area contributed by atoms with E-state index in [1.807, 2.05) is 11.8 Å². The topological polar surface area (TPSA) is 80.5 Å². The van der Waals surface area contributed by atoms with E-state index in [4.69, 9.17) is 5.73 Å². The predicted molar refractivity (Wildman–Crippen MR) is 86.0 cm³/mol. The van der Waals surface area contributed by atoms with E-state index in [1.165, 1.54) is 6.42 Å². The maximum Gasteiger partial charge on any atom is 0.226 e. The largest absolute Gasteiger partial charge is 0.337 e. The zero-order chi connectivity index (χ0) is 16.1. The molecule has 22 heavy (non-hydrogen) atoms. The van der Waals surface area contributed by atoms with Gasteiger partial charge >= 0.3 is 0 Å². The Labute approximate surface area is 133 Å². The minimum Gasteiger partial charge on any atom is -0.337 e. The normalized spacial score (nSPS) is 44.6. The highest BCUT2D eigenvalue weighted by molar-refractivity contribution is 7.92. The van der Waals surface area contributed by atoms with Crippen LogP contribution in [0.3, 0.4) is 0 Å². The van der Waals surface area contributed by atoms with Gasteiger partial charge in [0.2, 0.25) is 5.91 Å². The second-order valence-corrected chi connectivity index (χ2v) is 10.0. The molecule has 1 aliphatic heterocycles. The van der Waals surface area contributed by atoms with E-state index in [9.17, 15) is 13.2 Å². The Balaban J connectivity index is 1.72. The second-order valence-electron chi connectivity index (χ2n) is 7.54. The lowest BCUT2D eigenvalue weighted by atomic mass is 9.65. The fourth-order valence-corrected chi connectivity index (χ4v) is 6.27. The lowest BCUT2D eigenvalue weighted by molar-refractivity contribution is -0.140. The monoisotopic (exact) mass is 328 g/mol. The van der Waals surface area contributed by atoms with Gasteiger partial charge < -0.3 is 10.6 Å². The van der Waals surface area contributed by atoms with Crippen LogP contribution < -0.4 is 5.73 Å². The smallest absolute Gasteiger partial charge is 0.226 e. The van der Waals surface area contributed by atoms with Gasteiger partial charge in [0.15, 0.2) is 9.84 Å². The van der Waals surface area contributed by atoms with E-state index in [0.717, 1.165) is 25.7 Å². The Morgan fingerprint density at radius 3 is 2.32 bits per heavy atom. The highest BCUT2D eigenvalue weighted by atomic mass is 32.2. The summed E-state index contributed by atoms with van der Waals surface area (Å²) >= 11 is 0. The molecule has 2 N–H and O–H groups in total. The minimum absolute atomic E-state index is 0.0468. The average Bonchev–Trinajstić information content (AvgIpc) is 2.44. The van der Waals surface area contributed by atoms with Gasteiger partial charge in [-0.15, -0.1) is 0 Å². The molecule has 1 heterocycles. The van der Waals surface area contributed by atoms with Crippen LogP contribution in [0, 0.1) is 17.8 Å². The van der Waals surface area contributed by atoms with Crippen molar-refractivity contribution in [3.8, 4) is 0 Å². The molecule has 0 aromatic rings.